The Hall–Kier alpha value is -1.84. The van der Waals surface area contributed by atoms with Crippen molar-refractivity contribution >= 4 is 29.9 Å². The highest BCUT2D eigenvalue weighted by Crippen LogP contribution is 2.26. The second-order valence-electron chi connectivity index (χ2n) is 8.39. The summed E-state index contributed by atoms with van der Waals surface area (Å²) >= 11 is 0. The number of nitrogens with one attached hydrogen (secondary N) is 2. The van der Waals surface area contributed by atoms with Crippen molar-refractivity contribution < 1.29 is 4.74 Å². The predicted octanol–water partition coefficient (Wildman–Crippen LogP) is 3.88. The summed E-state index contributed by atoms with van der Waals surface area (Å²) < 4.78 is 5.33. The molecule has 1 fully saturated rings. The van der Waals surface area contributed by atoms with E-state index in [-0.39, 0.29) is 24.0 Å². The molecule has 1 atom stereocenters. The minimum absolute atomic E-state index is 0. The van der Waals surface area contributed by atoms with Crippen LogP contribution in [0.15, 0.2) is 53.5 Å². The smallest absolute Gasteiger partial charge is 0.191 e. The van der Waals surface area contributed by atoms with E-state index in [1.165, 1.54) is 29.5 Å². The van der Waals surface area contributed by atoms with Crippen molar-refractivity contribution in [1.29, 1.82) is 0 Å². The van der Waals surface area contributed by atoms with Crippen LogP contribution in [0.2, 0.25) is 0 Å². The number of rotatable bonds is 9. The van der Waals surface area contributed by atoms with Gasteiger partial charge in [0.05, 0.1) is 13.2 Å². The van der Waals surface area contributed by atoms with E-state index in [1.54, 1.807) is 7.11 Å². The van der Waals surface area contributed by atoms with E-state index in [2.05, 4.69) is 75.9 Å². The van der Waals surface area contributed by atoms with Crippen LogP contribution in [0, 0.1) is 0 Å². The molecule has 0 aromatic heterocycles. The lowest BCUT2D eigenvalue weighted by Crippen LogP contribution is -2.42. The molecule has 1 heterocycles. The highest BCUT2D eigenvalue weighted by molar-refractivity contribution is 14.0. The first-order valence-electron chi connectivity index (χ1n) is 11.1. The number of hydrogen-bond acceptors (Lipinski definition) is 4. The first kappa shape index (κ1) is 26.4. The Kier molecular flexibility index (Phi) is 11.3. The van der Waals surface area contributed by atoms with E-state index in [0.29, 0.717) is 6.04 Å². The zero-order valence-electron chi connectivity index (χ0n) is 19.8. The normalized spacial score (nSPS) is 15.3. The summed E-state index contributed by atoms with van der Waals surface area (Å²) in [5.41, 5.74) is 3.88. The lowest BCUT2D eigenvalue weighted by molar-refractivity contribution is 0.245. The third kappa shape index (κ3) is 7.94. The van der Waals surface area contributed by atoms with Crippen LogP contribution in [-0.4, -0.2) is 63.6 Å². The van der Waals surface area contributed by atoms with Crippen LogP contribution in [0.1, 0.15) is 35.6 Å². The van der Waals surface area contributed by atoms with Gasteiger partial charge in [-0.3, -0.25) is 9.89 Å². The summed E-state index contributed by atoms with van der Waals surface area (Å²) in [7, 11) is 7.71. The maximum atomic E-state index is 5.33. The van der Waals surface area contributed by atoms with Gasteiger partial charge in [-0.1, -0.05) is 36.4 Å². The van der Waals surface area contributed by atoms with Crippen molar-refractivity contribution in [3.05, 3.63) is 65.2 Å². The van der Waals surface area contributed by atoms with E-state index in [0.717, 1.165) is 44.4 Å². The van der Waals surface area contributed by atoms with E-state index in [4.69, 9.17) is 4.74 Å². The molecule has 0 bridgehead atoms. The van der Waals surface area contributed by atoms with Gasteiger partial charge in [-0.15, -0.1) is 24.0 Å². The van der Waals surface area contributed by atoms with Gasteiger partial charge in [0.2, 0.25) is 0 Å². The Morgan fingerprint density at radius 2 is 1.62 bits per heavy atom. The molecular formula is C25H38IN5O. The van der Waals surface area contributed by atoms with Crippen LogP contribution in [0.4, 0.5) is 0 Å². The Labute approximate surface area is 210 Å². The van der Waals surface area contributed by atoms with E-state index in [1.807, 2.05) is 19.2 Å². The van der Waals surface area contributed by atoms with Crippen LogP contribution >= 0.6 is 24.0 Å². The lowest BCUT2D eigenvalue weighted by Gasteiger charge is -2.29. The highest BCUT2D eigenvalue weighted by Gasteiger charge is 2.23. The molecular weight excluding hydrogens is 513 g/mol. The Morgan fingerprint density at radius 1 is 1.00 bits per heavy atom. The summed E-state index contributed by atoms with van der Waals surface area (Å²) in [5.74, 6) is 1.72. The fraction of sp³-hybridized carbons (Fsp3) is 0.480. The minimum atomic E-state index is 0. The molecule has 2 aromatic carbocycles. The van der Waals surface area contributed by atoms with Gasteiger partial charge in [-0.2, -0.15) is 0 Å². The number of guanidine groups is 1. The number of benzene rings is 2. The monoisotopic (exact) mass is 551 g/mol. The summed E-state index contributed by atoms with van der Waals surface area (Å²) in [6.45, 7) is 4.81. The maximum Gasteiger partial charge on any atom is 0.191 e. The van der Waals surface area contributed by atoms with Gasteiger partial charge in [-0.05, 0) is 68.8 Å². The Bertz CT molecular complexity index is 817. The molecule has 1 unspecified atom stereocenters. The van der Waals surface area contributed by atoms with Crippen LogP contribution < -0.4 is 15.4 Å². The standard InChI is InChI=1S/C25H37N5O.HI/c1-26-25(27-17-20-7-9-21(10-8-20)19-29(2)3)28-18-24(30-15-5-6-16-30)22-11-13-23(31-4)14-12-22;/h7-14,24H,5-6,15-19H2,1-4H3,(H2,26,27,28);1H. The number of nitrogens with zero attached hydrogens (tertiary/aromatic N) is 3. The maximum absolute atomic E-state index is 5.33. The number of halogens is 1. The van der Waals surface area contributed by atoms with Crippen LogP contribution in [0.25, 0.3) is 0 Å². The third-order valence-corrected chi connectivity index (χ3v) is 5.75. The van der Waals surface area contributed by atoms with Gasteiger partial charge in [0.1, 0.15) is 5.75 Å². The molecule has 7 heteroatoms. The largest absolute Gasteiger partial charge is 0.497 e. The molecule has 32 heavy (non-hydrogen) atoms. The van der Waals surface area contributed by atoms with Gasteiger partial charge in [0.25, 0.3) is 0 Å². The van der Waals surface area contributed by atoms with Gasteiger partial charge in [0.15, 0.2) is 5.96 Å². The molecule has 0 spiro atoms. The Balaban J connectivity index is 0.00000363. The molecule has 2 aromatic rings. The van der Waals surface area contributed by atoms with Crippen molar-refractivity contribution in [2.45, 2.75) is 32.0 Å². The second-order valence-corrected chi connectivity index (χ2v) is 8.39. The first-order chi connectivity index (χ1) is 15.1. The molecule has 0 radical (unpaired) electrons. The fourth-order valence-electron chi connectivity index (χ4n) is 4.06. The van der Waals surface area contributed by atoms with Crippen LogP contribution in [0.3, 0.4) is 0 Å². The summed E-state index contributed by atoms with van der Waals surface area (Å²) in [6.07, 6.45) is 2.53. The predicted molar refractivity (Wildman–Crippen MR) is 144 cm³/mol. The molecule has 1 aliphatic heterocycles. The van der Waals surface area contributed by atoms with Crippen LogP contribution in [-0.2, 0) is 13.1 Å². The van der Waals surface area contributed by atoms with Gasteiger partial charge in [0, 0.05) is 26.7 Å². The van der Waals surface area contributed by atoms with Crippen molar-refractivity contribution in [2.24, 2.45) is 4.99 Å². The van der Waals surface area contributed by atoms with Crippen molar-refractivity contribution in [3.8, 4) is 5.75 Å². The average molecular weight is 552 g/mol. The quantitative estimate of drug-likeness (QED) is 0.282. The van der Waals surface area contributed by atoms with Gasteiger partial charge in [-0.25, -0.2) is 0 Å². The molecule has 0 aliphatic carbocycles. The number of methoxy groups -OCH3 is 1. The molecule has 0 amide bonds. The topological polar surface area (TPSA) is 52.1 Å². The fourth-order valence-corrected chi connectivity index (χ4v) is 4.06. The van der Waals surface area contributed by atoms with E-state index < -0.39 is 0 Å². The number of ether oxygens (including phenoxy) is 1. The molecule has 6 nitrogen and oxygen atoms in total. The molecule has 1 aliphatic rings. The summed E-state index contributed by atoms with van der Waals surface area (Å²) in [4.78, 5) is 9.17. The molecule has 176 valence electrons. The zero-order chi connectivity index (χ0) is 22.1. The zero-order valence-corrected chi connectivity index (χ0v) is 22.1. The number of aliphatic imine (C=N–C) groups is 1. The molecule has 1 saturated heterocycles. The molecule has 2 N–H and O–H groups in total. The van der Waals surface area contributed by atoms with E-state index in [9.17, 15) is 0 Å². The summed E-state index contributed by atoms with van der Waals surface area (Å²) in [6, 6.07) is 17.5. The first-order valence-corrected chi connectivity index (χ1v) is 11.1. The van der Waals surface area contributed by atoms with Crippen molar-refractivity contribution in [1.82, 2.24) is 20.4 Å². The molecule has 0 saturated carbocycles. The number of likely N-dealkylation sites (tertiary alicyclic amines) is 1. The van der Waals surface area contributed by atoms with Gasteiger partial charge < -0.3 is 20.3 Å². The molecule has 3 rings (SSSR count). The van der Waals surface area contributed by atoms with Gasteiger partial charge >= 0.3 is 0 Å². The third-order valence-electron chi connectivity index (χ3n) is 5.75. The minimum Gasteiger partial charge on any atom is -0.497 e. The van der Waals surface area contributed by atoms with Crippen molar-refractivity contribution in [2.75, 3.05) is 47.9 Å². The van der Waals surface area contributed by atoms with E-state index >= 15 is 0 Å². The second kappa shape index (κ2) is 13.6. The lowest BCUT2D eigenvalue weighted by atomic mass is 10.1. The highest BCUT2D eigenvalue weighted by atomic mass is 127. The summed E-state index contributed by atoms with van der Waals surface area (Å²) in [5, 5.41) is 6.99. The number of hydrogen-bond donors (Lipinski definition) is 2. The average Bonchev–Trinajstić information content (AvgIpc) is 3.31. The van der Waals surface area contributed by atoms with Crippen LogP contribution in [0.5, 0.6) is 5.75 Å². The SMILES string of the molecule is CN=C(NCc1ccc(CN(C)C)cc1)NCC(c1ccc(OC)cc1)N1CCCC1.I. The Morgan fingerprint density at radius 3 is 2.19 bits per heavy atom. The van der Waals surface area contributed by atoms with Crippen molar-refractivity contribution in [3.63, 3.8) is 0 Å².